The molecule has 0 heterocycles. The van der Waals surface area contributed by atoms with Gasteiger partial charge >= 0.3 is 0 Å². The van der Waals surface area contributed by atoms with Crippen molar-refractivity contribution in [3.05, 3.63) is 35.9 Å². The van der Waals surface area contributed by atoms with E-state index in [0.717, 1.165) is 6.42 Å². The van der Waals surface area contributed by atoms with Crippen LogP contribution in [0, 0.1) is 0 Å². The average molecular weight is 203 g/mol. The number of aliphatic imine (C=N–C) groups is 1. The van der Waals surface area contributed by atoms with E-state index in [1.807, 2.05) is 0 Å². The highest BCUT2D eigenvalue weighted by molar-refractivity contribution is 7.78. The van der Waals surface area contributed by atoms with Crippen LogP contribution in [-0.2, 0) is 0 Å². The Labute approximate surface area is 89.9 Å². The molecule has 0 aliphatic heterocycles. The molecule has 1 saturated carbocycles. The lowest BCUT2D eigenvalue weighted by atomic mass is 9.95. The SMILES string of the molecule is S=C=N[C@H]1CCC[C@@H]1c1ccccc1. The van der Waals surface area contributed by atoms with Crippen LogP contribution in [0.1, 0.15) is 30.7 Å². The van der Waals surface area contributed by atoms with Crippen molar-refractivity contribution in [2.24, 2.45) is 4.99 Å². The van der Waals surface area contributed by atoms with Gasteiger partial charge in [-0.25, -0.2) is 4.99 Å². The van der Waals surface area contributed by atoms with Gasteiger partial charge in [0.05, 0.1) is 11.2 Å². The van der Waals surface area contributed by atoms with Crippen LogP contribution in [-0.4, -0.2) is 11.2 Å². The van der Waals surface area contributed by atoms with Crippen LogP contribution in [0.5, 0.6) is 0 Å². The minimum Gasteiger partial charge on any atom is -0.229 e. The fourth-order valence-corrected chi connectivity index (χ4v) is 2.39. The summed E-state index contributed by atoms with van der Waals surface area (Å²) in [7, 11) is 0. The van der Waals surface area contributed by atoms with E-state index in [1.54, 1.807) is 0 Å². The van der Waals surface area contributed by atoms with Crippen LogP contribution in [0.25, 0.3) is 0 Å². The van der Waals surface area contributed by atoms with E-state index in [2.05, 4.69) is 52.7 Å². The first kappa shape index (κ1) is 9.57. The molecule has 1 aliphatic carbocycles. The number of rotatable bonds is 2. The highest BCUT2D eigenvalue weighted by Gasteiger charge is 2.27. The first-order valence-electron chi connectivity index (χ1n) is 5.04. The molecule has 1 nitrogen and oxygen atoms in total. The number of thiocarbonyl (C=S) groups is 1. The predicted molar refractivity (Wildman–Crippen MR) is 61.8 cm³/mol. The molecule has 1 fully saturated rings. The fourth-order valence-electron chi connectivity index (χ4n) is 2.25. The summed E-state index contributed by atoms with van der Waals surface area (Å²) in [4.78, 5) is 4.25. The third-order valence-corrected chi connectivity index (χ3v) is 3.03. The van der Waals surface area contributed by atoms with Crippen LogP contribution < -0.4 is 0 Å². The van der Waals surface area contributed by atoms with Gasteiger partial charge in [0.2, 0.25) is 0 Å². The quantitative estimate of drug-likeness (QED) is 0.530. The normalized spacial score (nSPS) is 25.7. The van der Waals surface area contributed by atoms with Gasteiger partial charge in [0, 0.05) is 5.92 Å². The van der Waals surface area contributed by atoms with Gasteiger partial charge in [-0.15, -0.1) is 0 Å². The standard InChI is InChI=1S/C12H13NS/c14-9-13-12-8-4-7-11(12)10-5-2-1-3-6-10/h1-3,5-6,11-12H,4,7-8H2/t11-,12+/m1/s1. The number of hydrogen-bond acceptors (Lipinski definition) is 2. The van der Waals surface area contributed by atoms with E-state index in [-0.39, 0.29) is 0 Å². The summed E-state index contributed by atoms with van der Waals surface area (Å²) in [6, 6.07) is 11.0. The van der Waals surface area contributed by atoms with Crippen molar-refractivity contribution in [1.29, 1.82) is 0 Å². The molecule has 0 radical (unpaired) electrons. The molecular formula is C12H13NS. The Balaban J connectivity index is 2.21. The zero-order chi connectivity index (χ0) is 9.80. The van der Waals surface area contributed by atoms with Crippen molar-refractivity contribution < 1.29 is 0 Å². The van der Waals surface area contributed by atoms with E-state index in [9.17, 15) is 0 Å². The van der Waals surface area contributed by atoms with Crippen LogP contribution in [0.4, 0.5) is 0 Å². The van der Waals surface area contributed by atoms with Gasteiger partial charge in [0.15, 0.2) is 0 Å². The summed E-state index contributed by atoms with van der Waals surface area (Å²) in [5.74, 6) is 0.562. The Morgan fingerprint density at radius 3 is 2.71 bits per heavy atom. The molecule has 1 aliphatic rings. The summed E-state index contributed by atoms with van der Waals surface area (Å²) in [6.45, 7) is 0. The third-order valence-electron chi connectivity index (χ3n) is 2.93. The fraction of sp³-hybridized carbons (Fsp3) is 0.417. The lowest BCUT2D eigenvalue weighted by Crippen LogP contribution is -2.08. The van der Waals surface area contributed by atoms with Gasteiger partial charge < -0.3 is 0 Å². The lowest BCUT2D eigenvalue weighted by molar-refractivity contribution is 0.619. The molecule has 1 aromatic carbocycles. The van der Waals surface area contributed by atoms with Crippen molar-refractivity contribution in [2.75, 3.05) is 0 Å². The van der Waals surface area contributed by atoms with Crippen molar-refractivity contribution in [2.45, 2.75) is 31.2 Å². The van der Waals surface area contributed by atoms with Gasteiger partial charge in [-0.05, 0) is 30.6 Å². The molecule has 2 atom stereocenters. The predicted octanol–water partition coefficient (Wildman–Crippen LogP) is 3.43. The molecule has 2 heteroatoms. The summed E-state index contributed by atoms with van der Waals surface area (Å²) in [5, 5.41) is 2.52. The summed E-state index contributed by atoms with van der Waals surface area (Å²) >= 11 is 4.67. The van der Waals surface area contributed by atoms with E-state index < -0.39 is 0 Å². The molecule has 0 N–H and O–H groups in total. The molecule has 0 bridgehead atoms. The van der Waals surface area contributed by atoms with E-state index >= 15 is 0 Å². The largest absolute Gasteiger partial charge is 0.229 e. The first-order valence-corrected chi connectivity index (χ1v) is 5.44. The highest BCUT2D eigenvalue weighted by atomic mass is 32.1. The zero-order valence-electron chi connectivity index (χ0n) is 8.02. The van der Waals surface area contributed by atoms with E-state index in [1.165, 1.54) is 18.4 Å². The Hall–Kier alpha value is -0.980. The van der Waals surface area contributed by atoms with Crippen LogP contribution >= 0.6 is 12.2 Å². The second kappa shape index (κ2) is 4.50. The van der Waals surface area contributed by atoms with Crippen molar-refractivity contribution in [1.82, 2.24) is 0 Å². The Kier molecular flexibility index (Phi) is 3.07. The average Bonchev–Trinajstić information content (AvgIpc) is 2.68. The maximum absolute atomic E-state index is 4.67. The van der Waals surface area contributed by atoms with E-state index in [4.69, 9.17) is 0 Å². The van der Waals surface area contributed by atoms with Gasteiger partial charge in [-0.3, -0.25) is 0 Å². The summed E-state index contributed by atoms with van der Waals surface area (Å²) in [6.07, 6.45) is 3.64. The maximum atomic E-state index is 4.67. The molecule has 14 heavy (non-hydrogen) atoms. The molecule has 0 saturated heterocycles. The van der Waals surface area contributed by atoms with Crippen LogP contribution in [0.15, 0.2) is 35.3 Å². The summed E-state index contributed by atoms with van der Waals surface area (Å²) < 4.78 is 0. The van der Waals surface area contributed by atoms with Gasteiger partial charge in [0.25, 0.3) is 0 Å². The second-order valence-corrected chi connectivity index (χ2v) is 3.92. The molecule has 72 valence electrons. The van der Waals surface area contributed by atoms with Gasteiger partial charge in [0.1, 0.15) is 0 Å². The Morgan fingerprint density at radius 2 is 2.00 bits per heavy atom. The Morgan fingerprint density at radius 1 is 1.21 bits per heavy atom. The molecule has 0 spiro atoms. The number of benzene rings is 1. The lowest BCUT2D eigenvalue weighted by Gasteiger charge is -2.14. The monoisotopic (exact) mass is 203 g/mol. The van der Waals surface area contributed by atoms with Gasteiger partial charge in [-0.2, -0.15) is 0 Å². The number of hydrogen-bond donors (Lipinski definition) is 0. The molecule has 0 amide bonds. The molecule has 0 aromatic heterocycles. The van der Waals surface area contributed by atoms with Crippen LogP contribution in [0.3, 0.4) is 0 Å². The minimum atomic E-state index is 0.370. The minimum absolute atomic E-state index is 0.370. The van der Waals surface area contributed by atoms with Crippen molar-refractivity contribution in [3.63, 3.8) is 0 Å². The van der Waals surface area contributed by atoms with E-state index in [0.29, 0.717) is 12.0 Å². The Bertz CT molecular complexity index is 341. The highest BCUT2D eigenvalue weighted by Crippen LogP contribution is 2.36. The van der Waals surface area contributed by atoms with Crippen molar-refractivity contribution >= 4 is 17.4 Å². The second-order valence-electron chi connectivity index (χ2n) is 3.74. The topological polar surface area (TPSA) is 12.4 Å². The zero-order valence-corrected chi connectivity index (χ0v) is 8.83. The molecule has 2 rings (SSSR count). The number of isothiocyanates is 1. The number of nitrogens with zero attached hydrogens (tertiary/aromatic N) is 1. The molecular weight excluding hydrogens is 190 g/mol. The van der Waals surface area contributed by atoms with Crippen molar-refractivity contribution in [3.8, 4) is 0 Å². The third kappa shape index (κ3) is 1.92. The first-order chi connectivity index (χ1) is 6.92. The molecule has 0 unspecified atom stereocenters. The van der Waals surface area contributed by atoms with Gasteiger partial charge in [-0.1, -0.05) is 36.8 Å². The van der Waals surface area contributed by atoms with Crippen LogP contribution in [0.2, 0.25) is 0 Å². The molecule has 1 aromatic rings. The summed E-state index contributed by atoms with van der Waals surface area (Å²) in [5.41, 5.74) is 1.39. The smallest absolute Gasteiger partial charge is 0.0671 e. The maximum Gasteiger partial charge on any atom is 0.0671 e.